The molecule has 1 heterocycles. The number of hydrogen-bond acceptors (Lipinski definition) is 3. The minimum Gasteiger partial charge on any atom is -0.369 e. The lowest BCUT2D eigenvalue weighted by atomic mass is 10.1. The third kappa shape index (κ3) is 4.21. The second-order valence-corrected chi connectivity index (χ2v) is 6.91. The van der Waals surface area contributed by atoms with Crippen molar-refractivity contribution in [3.8, 4) is 0 Å². The van der Waals surface area contributed by atoms with E-state index in [1.54, 1.807) is 0 Å². The molecule has 3 nitrogen and oxygen atoms in total. The van der Waals surface area contributed by atoms with Gasteiger partial charge in [0.1, 0.15) is 0 Å². The third-order valence-corrected chi connectivity index (χ3v) is 4.88. The van der Waals surface area contributed by atoms with E-state index in [4.69, 9.17) is 0 Å². The smallest absolute Gasteiger partial charge is 0.154 e. The lowest BCUT2D eigenvalue weighted by Gasteiger charge is -2.29. The van der Waals surface area contributed by atoms with Gasteiger partial charge in [0.2, 0.25) is 0 Å². The summed E-state index contributed by atoms with van der Waals surface area (Å²) in [5, 5.41) is 11.0. The summed E-state index contributed by atoms with van der Waals surface area (Å²) in [5.41, 5.74) is 4.56. The summed E-state index contributed by atoms with van der Waals surface area (Å²) in [7, 11) is 0. The van der Waals surface area contributed by atoms with Crippen molar-refractivity contribution < 1.29 is 5.11 Å². The van der Waals surface area contributed by atoms with Gasteiger partial charge < -0.3 is 14.9 Å². The van der Waals surface area contributed by atoms with Crippen molar-refractivity contribution in [2.75, 3.05) is 6.67 Å². The van der Waals surface area contributed by atoms with Gasteiger partial charge in [-0.25, -0.2) is 0 Å². The van der Waals surface area contributed by atoms with Gasteiger partial charge in [0, 0.05) is 30.4 Å². The summed E-state index contributed by atoms with van der Waals surface area (Å²) < 4.78 is 0. The molecule has 0 saturated carbocycles. The van der Waals surface area contributed by atoms with E-state index in [1.165, 1.54) is 11.1 Å². The van der Waals surface area contributed by atoms with Crippen LogP contribution in [0.25, 0.3) is 0 Å². The largest absolute Gasteiger partial charge is 0.369 e. The zero-order chi connectivity index (χ0) is 18.5. The van der Waals surface area contributed by atoms with E-state index in [2.05, 4.69) is 64.5 Å². The Morgan fingerprint density at radius 1 is 0.741 bits per heavy atom. The molecule has 0 aliphatic carbocycles. The van der Waals surface area contributed by atoms with Crippen molar-refractivity contribution in [1.29, 1.82) is 0 Å². The highest BCUT2D eigenvalue weighted by Crippen LogP contribution is 2.30. The number of aliphatic hydroxyl groups excluding tert-OH is 1. The van der Waals surface area contributed by atoms with Crippen LogP contribution in [0.2, 0.25) is 0 Å². The highest BCUT2D eigenvalue weighted by Gasteiger charge is 2.27. The van der Waals surface area contributed by atoms with E-state index >= 15 is 0 Å². The molecular weight excluding hydrogens is 332 g/mol. The summed E-state index contributed by atoms with van der Waals surface area (Å²) in [6.07, 6.45) is 2.34. The molecule has 3 heteroatoms. The van der Waals surface area contributed by atoms with Crippen LogP contribution in [-0.4, -0.2) is 21.6 Å². The van der Waals surface area contributed by atoms with Crippen molar-refractivity contribution in [3.05, 3.63) is 120 Å². The zero-order valence-electron chi connectivity index (χ0n) is 15.3. The predicted molar refractivity (Wildman–Crippen MR) is 108 cm³/mol. The fourth-order valence-electron chi connectivity index (χ4n) is 3.52. The topological polar surface area (TPSA) is 26.7 Å². The predicted octanol–water partition coefficient (Wildman–Crippen LogP) is 4.54. The molecule has 0 radical (unpaired) electrons. The Kier molecular flexibility index (Phi) is 5.22. The molecule has 0 amide bonds. The number of hydrogen-bond donors (Lipinski definition) is 1. The van der Waals surface area contributed by atoms with Crippen LogP contribution in [0.5, 0.6) is 0 Å². The van der Waals surface area contributed by atoms with Crippen LogP contribution in [0.3, 0.4) is 0 Å². The Morgan fingerprint density at radius 2 is 1.30 bits per heavy atom. The van der Waals surface area contributed by atoms with Gasteiger partial charge in [-0.05, 0) is 11.1 Å². The monoisotopic (exact) mass is 356 g/mol. The molecule has 0 aromatic heterocycles. The molecule has 136 valence electrons. The molecule has 3 aromatic rings. The summed E-state index contributed by atoms with van der Waals surface area (Å²) in [5.74, 6) is 0. The molecule has 0 spiro atoms. The van der Waals surface area contributed by atoms with Gasteiger partial charge in [0.25, 0.3) is 0 Å². The number of aliphatic hydroxyl groups is 1. The SMILES string of the molecule is OC(c1ccccc1)N1CN(Cc2ccccc2)C=C1Cc1ccccc1. The fourth-order valence-corrected chi connectivity index (χ4v) is 3.52. The van der Waals surface area contributed by atoms with Gasteiger partial charge in [-0.2, -0.15) is 0 Å². The highest BCUT2D eigenvalue weighted by molar-refractivity contribution is 5.26. The number of nitrogens with zero attached hydrogens (tertiary/aromatic N) is 2. The summed E-state index contributed by atoms with van der Waals surface area (Å²) in [6.45, 7) is 1.50. The maximum absolute atomic E-state index is 11.0. The first-order chi connectivity index (χ1) is 13.3. The summed E-state index contributed by atoms with van der Waals surface area (Å²) >= 11 is 0. The van der Waals surface area contributed by atoms with E-state index in [9.17, 15) is 5.11 Å². The molecule has 1 atom stereocenters. The number of benzene rings is 3. The van der Waals surface area contributed by atoms with Crippen molar-refractivity contribution in [2.45, 2.75) is 19.2 Å². The van der Waals surface area contributed by atoms with Crippen molar-refractivity contribution in [2.24, 2.45) is 0 Å². The third-order valence-electron chi connectivity index (χ3n) is 4.88. The highest BCUT2D eigenvalue weighted by atomic mass is 16.3. The molecular formula is C24H24N2O. The van der Waals surface area contributed by atoms with Crippen molar-refractivity contribution in [3.63, 3.8) is 0 Å². The molecule has 4 rings (SSSR count). The first-order valence-electron chi connectivity index (χ1n) is 9.32. The van der Waals surface area contributed by atoms with Crippen LogP contribution >= 0.6 is 0 Å². The molecule has 1 unspecified atom stereocenters. The van der Waals surface area contributed by atoms with Gasteiger partial charge in [0.05, 0.1) is 6.67 Å². The van der Waals surface area contributed by atoms with E-state index in [0.717, 1.165) is 24.2 Å². The average molecular weight is 356 g/mol. The Hall–Kier alpha value is -3.04. The van der Waals surface area contributed by atoms with Crippen LogP contribution in [0.4, 0.5) is 0 Å². The van der Waals surface area contributed by atoms with Gasteiger partial charge >= 0.3 is 0 Å². The normalized spacial score (nSPS) is 14.9. The Labute approximate surface area is 160 Å². The molecule has 1 aliphatic heterocycles. The summed E-state index contributed by atoms with van der Waals surface area (Å²) in [4.78, 5) is 4.35. The van der Waals surface area contributed by atoms with Crippen LogP contribution in [0, 0.1) is 0 Å². The standard InChI is InChI=1S/C24H24N2O/c27-24(22-14-8-3-9-15-22)26-19-25(17-21-12-6-2-7-13-21)18-23(26)16-20-10-4-1-5-11-20/h1-15,18,24,27H,16-17,19H2. The van der Waals surface area contributed by atoms with E-state index in [-0.39, 0.29) is 0 Å². The minimum atomic E-state index is -0.651. The maximum atomic E-state index is 11.0. The van der Waals surface area contributed by atoms with Crippen molar-refractivity contribution in [1.82, 2.24) is 9.80 Å². The minimum absolute atomic E-state index is 0.651. The Balaban J connectivity index is 1.57. The average Bonchev–Trinajstić information content (AvgIpc) is 3.11. The molecule has 0 fully saturated rings. The van der Waals surface area contributed by atoms with Crippen molar-refractivity contribution >= 4 is 0 Å². The number of rotatable bonds is 6. The Bertz CT molecular complexity index is 878. The van der Waals surface area contributed by atoms with Crippen LogP contribution in [-0.2, 0) is 13.0 Å². The lowest BCUT2D eigenvalue weighted by Crippen LogP contribution is -2.31. The van der Waals surface area contributed by atoms with Gasteiger partial charge in [-0.3, -0.25) is 0 Å². The van der Waals surface area contributed by atoms with Crippen LogP contribution < -0.4 is 0 Å². The van der Waals surface area contributed by atoms with Gasteiger partial charge in [-0.1, -0.05) is 91.0 Å². The molecule has 0 bridgehead atoms. The fraction of sp³-hybridized carbons (Fsp3) is 0.167. The van der Waals surface area contributed by atoms with Gasteiger partial charge in [0.15, 0.2) is 6.23 Å². The summed E-state index contributed by atoms with van der Waals surface area (Å²) in [6, 6.07) is 30.7. The lowest BCUT2D eigenvalue weighted by molar-refractivity contribution is 0.0139. The van der Waals surface area contributed by atoms with E-state index in [0.29, 0.717) is 6.67 Å². The molecule has 0 saturated heterocycles. The van der Waals surface area contributed by atoms with Gasteiger partial charge in [-0.15, -0.1) is 0 Å². The maximum Gasteiger partial charge on any atom is 0.154 e. The second kappa shape index (κ2) is 8.11. The van der Waals surface area contributed by atoms with Crippen LogP contribution in [0.1, 0.15) is 22.9 Å². The molecule has 1 N–H and O–H groups in total. The molecule has 27 heavy (non-hydrogen) atoms. The van der Waals surface area contributed by atoms with E-state index < -0.39 is 6.23 Å². The van der Waals surface area contributed by atoms with Crippen LogP contribution in [0.15, 0.2) is 103 Å². The molecule has 3 aromatic carbocycles. The first-order valence-corrected chi connectivity index (χ1v) is 9.32. The first kappa shape index (κ1) is 17.4. The Morgan fingerprint density at radius 3 is 1.93 bits per heavy atom. The number of allylic oxidation sites excluding steroid dienone is 1. The quantitative estimate of drug-likeness (QED) is 0.703. The second-order valence-electron chi connectivity index (χ2n) is 6.91. The zero-order valence-corrected chi connectivity index (χ0v) is 15.3. The van der Waals surface area contributed by atoms with E-state index in [1.807, 2.05) is 42.5 Å². The molecule has 1 aliphatic rings.